The molecule has 2 aromatic rings. The summed E-state index contributed by atoms with van der Waals surface area (Å²) in [4.78, 5) is 35.6. The number of likely N-dealkylation sites (tertiary alicyclic amines) is 1. The second-order valence-electron chi connectivity index (χ2n) is 11.9. The first-order chi connectivity index (χ1) is 17.9. The molecule has 0 bridgehead atoms. The van der Waals surface area contributed by atoms with Crippen LogP contribution in [-0.2, 0) is 16.0 Å². The Hall–Kier alpha value is -2.65. The molecule has 9 nitrogen and oxygen atoms in total. The van der Waals surface area contributed by atoms with E-state index in [1.807, 2.05) is 54.5 Å². The van der Waals surface area contributed by atoms with Crippen LogP contribution in [0.25, 0.3) is 11.0 Å². The van der Waals surface area contributed by atoms with Gasteiger partial charge >= 0.3 is 6.09 Å². The van der Waals surface area contributed by atoms with Crippen LogP contribution < -0.4 is 0 Å². The van der Waals surface area contributed by atoms with Gasteiger partial charge in [-0.1, -0.05) is 26.0 Å². The summed E-state index contributed by atoms with van der Waals surface area (Å²) in [5.74, 6) is 0.297. The molecule has 2 amide bonds. The monoisotopic (exact) mass is 530 g/mol. The highest BCUT2D eigenvalue weighted by Gasteiger charge is 2.39. The Morgan fingerprint density at radius 1 is 1.16 bits per heavy atom. The van der Waals surface area contributed by atoms with Crippen LogP contribution in [0.4, 0.5) is 4.79 Å². The lowest BCUT2D eigenvalue weighted by molar-refractivity contribution is -0.0151. The third-order valence-electron chi connectivity index (χ3n) is 6.88. The van der Waals surface area contributed by atoms with Gasteiger partial charge in [0.15, 0.2) is 5.82 Å². The van der Waals surface area contributed by atoms with Crippen molar-refractivity contribution < 1.29 is 24.2 Å². The highest BCUT2D eigenvalue weighted by molar-refractivity contribution is 5.95. The van der Waals surface area contributed by atoms with Gasteiger partial charge in [-0.25, -0.2) is 9.78 Å². The van der Waals surface area contributed by atoms with E-state index >= 15 is 0 Å². The van der Waals surface area contributed by atoms with E-state index in [4.69, 9.17) is 14.5 Å². The summed E-state index contributed by atoms with van der Waals surface area (Å²) in [6.07, 6.45) is 1.30. The molecule has 3 unspecified atom stereocenters. The predicted octanol–water partition coefficient (Wildman–Crippen LogP) is 4.57. The number of hydrogen-bond acceptors (Lipinski definition) is 6. The normalized spacial score (nSPS) is 19.1. The number of benzene rings is 1. The number of aliphatic hydroxyl groups is 1. The summed E-state index contributed by atoms with van der Waals surface area (Å²) in [7, 11) is 1.69. The van der Waals surface area contributed by atoms with Gasteiger partial charge < -0.3 is 28.9 Å². The number of rotatable bonds is 10. The van der Waals surface area contributed by atoms with Crippen LogP contribution in [0.5, 0.6) is 0 Å². The first-order valence-corrected chi connectivity index (χ1v) is 13.8. The summed E-state index contributed by atoms with van der Waals surface area (Å²) in [6.45, 7) is 14.0. The van der Waals surface area contributed by atoms with E-state index < -0.39 is 17.8 Å². The summed E-state index contributed by atoms with van der Waals surface area (Å²) in [6, 6.07) is 7.54. The lowest BCUT2D eigenvalue weighted by Gasteiger charge is -2.44. The molecule has 0 spiro atoms. The van der Waals surface area contributed by atoms with Crippen molar-refractivity contribution in [3.63, 3.8) is 0 Å². The van der Waals surface area contributed by atoms with Gasteiger partial charge in [-0.05, 0) is 65.0 Å². The fourth-order valence-corrected chi connectivity index (χ4v) is 5.06. The van der Waals surface area contributed by atoms with E-state index in [-0.39, 0.29) is 23.8 Å². The fourth-order valence-electron chi connectivity index (χ4n) is 5.06. The fraction of sp³-hybridized carbons (Fsp3) is 0.690. The highest BCUT2D eigenvalue weighted by Crippen LogP contribution is 2.28. The zero-order chi connectivity index (χ0) is 28.0. The minimum atomic E-state index is -0.633. The quantitative estimate of drug-likeness (QED) is 0.452. The number of carbonyl (C=O) groups is 2. The third kappa shape index (κ3) is 7.69. The van der Waals surface area contributed by atoms with E-state index in [1.54, 1.807) is 18.9 Å². The maximum Gasteiger partial charge on any atom is 0.410 e. The minimum Gasteiger partial charge on any atom is -0.444 e. The molecule has 1 aliphatic heterocycles. The standard InChI is InChI=1S/C29H46N4O5/c1-20(2)17-33(23-16-22(21(3)34)18-31(19-23)28(36)38-29(4,5)6)27(35)26-30-24-12-8-9-13-25(24)32(26)14-10-11-15-37-7/h8-9,12-13,20-23,34H,10-11,14-19H2,1-7H3. The molecule has 2 heterocycles. The second-order valence-corrected chi connectivity index (χ2v) is 11.9. The van der Waals surface area contributed by atoms with Crippen LogP contribution >= 0.6 is 0 Å². The average Bonchev–Trinajstić information content (AvgIpc) is 3.22. The van der Waals surface area contributed by atoms with Crippen molar-refractivity contribution >= 4 is 23.0 Å². The molecule has 38 heavy (non-hydrogen) atoms. The van der Waals surface area contributed by atoms with E-state index in [0.29, 0.717) is 45.0 Å². The molecule has 1 saturated heterocycles. The second kappa shape index (κ2) is 12.9. The van der Waals surface area contributed by atoms with E-state index in [9.17, 15) is 14.7 Å². The summed E-state index contributed by atoms with van der Waals surface area (Å²) in [5, 5.41) is 10.5. The van der Waals surface area contributed by atoms with Crippen molar-refractivity contribution in [3.05, 3.63) is 30.1 Å². The maximum atomic E-state index is 14.3. The molecule has 0 saturated carbocycles. The lowest BCUT2D eigenvalue weighted by Crippen LogP contribution is -2.57. The Bertz CT molecular complexity index is 1070. The predicted molar refractivity (Wildman–Crippen MR) is 148 cm³/mol. The average molecular weight is 531 g/mol. The van der Waals surface area contributed by atoms with Gasteiger partial charge in [0.25, 0.3) is 5.91 Å². The SMILES string of the molecule is COCCCCn1c(C(=O)N(CC(C)C)C2CC(C(C)O)CN(C(=O)OC(C)(C)C)C2)nc2ccccc21. The largest absolute Gasteiger partial charge is 0.444 e. The summed E-state index contributed by atoms with van der Waals surface area (Å²) < 4.78 is 12.9. The van der Waals surface area contributed by atoms with Crippen molar-refractivity contribution in [2.45, 2.75) is 85.1 Å². The Balaban J connectivity index is 1.96. The minimum absolute atomic E-state index is 0.151. The van der Waals surface area contributed by atoms with Crippen molar-refractivity contribution in [2.24, 2.45) is 11.8 Å². The zero-order valence-electron chi connectivity index (χ0n) is 24.1. The van der Waals surface area contributed by atoms with Gasteiger partial charge in [0, 0.05) is 45.8 Å². The van der Waals surface area contributed by atoms with Gasteiger partial charge in [-0.2, -0.15) is 0 Å². The molecule has 0 aliphatic carbocycles. The Labute approximate surface area is 227 Å². The molecule has 1 fully saturated rings. The topological polar surface area (TPSA) is 97.1 Å². The van der Waals surface area contributed by atoms with Crippen molar-refractivity contribution in [1.82, 2.24) is 19.4 Å². The first kappa shape index (κ1) is 29.9. The van der Waals surface area contributed by atoms with Gasteiger partial charge in [0.2, 0.25) is 0 Å². The van der Waals surface area contributed by atoms with Crippen LogP contribution in [0.2, 0.25) is 0 Å². The number of piperidine rings is 1. The molecule has 1 aromatic heterocycles. The molecule has 212 valence electrons. The lowest BCUT2D eigenvalue weighted by atomic mass is 9.89. The molecule has 3 rings (SSSR count). The Morgan fingerprint density at radius 3 is 2.50 bits per heavy atom. The van der Waals surface area contributed by atoms with Crippen LogP contribution in [0.15, 0.2) is 24.3 Å². The van der Waals surface area contributed by atoms with Crippen molar-refractivity contribution in [3.8, 4) is 0 Å². The summed E-state index contributed by atoms with van der Waals surface area (Å²) in [5.41, 5.74) is 1.08. The number of unbranched alkanes of at least 4 members (excludes halogenated alkanes) is 1. The number of methoxy groups -OCH3 is 1. The van der Waals surface area contributed by atoms with Crippen LogP contribution in [0.3, 0.4) is 0 Å². The molecule has 0 radical (unpaired) electrons. The molecule has 1 N–H and O–H groups in total. The summed E-state index contributed by atoms with van der Waals surface area (Å²) >= 11 is 0. The number of ether oxygens (including phenoxy) is 2. The molecule has 3 atom stereocenters. The van der Waals surface area contributed by atoms with Gasteiger partial charge in [-0.15, -0.1) is 0 Å². The number of carbonyl (C=O) groups excluding carboxylic acids is 2. The van der Waals surface area contributed by atoms with E-state index in [0.717, 1.165) is 23.9 Å². The van der Waals surface area contributed by atoms with Crippen LogP contribution in [-0.4, -0.2) is 87.6 Å². The van der Waals surface area contributed by atoms with Gasteiger partial charge in [-0.3, -0.25) is 4.79 Å². The number of nitrogens with zero attached hydrogens (tertiary/aromatic N) is 4. The third-order valence-corrected chi connectivity index (χ3v) is 6.88. The number of para-hydroxylation sites is 2. The van der Waals surface area contributed by atoms with Crippen LogP contribution in [0.1, 0.15) is 71.4 Å². The van der Waals surface area contributed by atoms with Gasteiger partial charge in [0.1, 0.15) is 5.60 Å². The number of imidazole rings is 1. The van der Waals surface area contributed by atoms with E-state index in [2.05, 4.69) is 13.8 Å². The number of aliphatic hydroxyl groups excluding tert-OH is 1. The zero-order valence-corrected chi connectivity index (χ0v) is 24.1. The van der Waals surface area contributed by atoms with Gasteiger partial charge in [0.05, 0.1) is 23.2 Å². The Kier molecular flexibility index (Phi) is 10.2. The smallest absolute Gasteiger partial charge is 0.410 e. The maximum absolute atomic E-state index is 14.3. The molecule has 1 aliphatic rings. The number of hydrogen-bond donors (Lipinski definition) is 1. The Morgan fingerprint density at radius 2 is 1.87 bits per heavy atom. The van der Waals surface area contributed by atoms with Crippen molar-refractivity contribution in [2.75, 3.05) is 33.4 Å². The number of fused-ring (bicyclic) bond motifs is 1. The number of aromatic nitrogens is 2. The van der Waals surface area contributed by atoms with Crippen LogP contribution in [0, 0.1) is 11.8 Å². The number of amides is 2. The van der Waals surface area contributed by atoms with Crippen molar-refractivity contribution in [1.29, 1.82) is 0 Å². The highest BCUT2D eigenvalue weighted by atomic mass is 16.6. The first-order valence-electron chi connectivity index (χ1n) is 13.8. The molecular weight excluding hydrogens is 484 g/mol. The molecule has 9 heteroatoms. The molecular formula is C29H46N4O5. The molecule has 1 aromatic carbocycles. The van der Waals surface area contributed by atoms with E-state index in [1.165, 1.54) is 0 Å². The number of aryl methyl sites for hydroxylation is 1.